The zero-order valence-corrected chi connectivity index (χ0v) is 13.8. The third-order valence-corrected chi connectivity index (χ3v) is 6.11. The minimum absolute atomic E-state index is 0.365. The Kier molecular flexibility index (Phi) is 7.11. The Morgan fingerprint density at radius 3 is 2.68 bits per heavy atom. The van der Waals surface area contributed by atoms with Crippen molar-refractivity contribution >= 4 is 19.9 Å². The van der Waals surface area contributed by atoms with E-state index in [9.17, 15) is 4.39 Å². The van der Waals surface area contributed by atoms with E-state index in [4.69, 9.17) is 20.4 Å². The van der Waals surface area contributed by atoms with Crippen molar-refractivity contribution in [1.82, 2.24) is 0 Å². The van der Waals surface area contributed by atoms with Crippen molar-refractivity contribution in [2.45, 2.75) is 58.1 Å². The predicted octanol–water partition coefficient (Wildman–Crippen LogP) is 4.85. The lowest BCUT2D eigenvalue weighted by atomic mass is 10.3. The molecule has 1 aromatic rings. The summed E-state index contributed by atoms with van der Waals surface area (Å²) in [6, 6.07) is 3.85. The highest BCUT2D eigenvalue weighted by Crippen LogP contribution is 2.21. The Labute approximate surface area is 121 Å². The molecule has 0 spiro atoms. The van der Waals surface area contributed by atoms with Crippen molar-refractivity contribution in [1.29, 1.82) is 0 Å². The largest absolute Gasteiger partial charge is 0.464 e. The maximum absolute atomic E-state index is 13.9. The SMILES string of the molecule is CCCC(F)[Si](C)(C)OCc1ccc(CCCCl)o1. The fraction of sp³-hybridized carbons (Fsp3) is 0.714. The summed E-state index contributed by atoms with van der Waals surface area (Å²) < 4.78 is 25.4. The van der Waals surface area contributed by atoms with Crippen LogP contribution < -0.4 is 0 Å². The number of halogens is 2. The van der Waals surface area contributed by atoms with Crippen molar-refractivity contribution in [2.75, 3.05) is 5.88 Å². The minimum Gasteiger partial charge on any atom is -0.464 e. The van der Waals surface area contributed by atoms with Crippen LogP contribution in [0.15, 0.2) is 16.5 Å². The average molecular weight is 307 g/mol. The molecule has 0 aliphatic carbocycles. The van der Waals surface area contributed by atoms with Gasteiger partial charge in [-0.2, -0.15) is 0 Å². The van der Waals surface area contributed by atoms with Crippen LogP contribution in [0.4, 0.5) is 4.39 Å². The number of rotatable bonds is 9. The summed E-state index contributed by atoms with van der Waals surface area (Å²) >= 11 is 5.64. The molecule has 1 unspecified atom stereocenters. The van der Waals surface area contributed by atoms with E-state index in [1.807, 2.05) is 32.2 Å². The average Bonchev–Trinajstić information content (AvgIpc) is 2.82. The molecule has 0 N–H and O–H groups in total. The van der Waals surface area contributed by atoms with Gasteiger partial charge in [-0.3, -0.25) is 0 Å². The van der Waals surface area contributed by atoms with Crippen LogP contribution in [0.3, 0.4) is 0 Å². The van der Waals surface area contributed by atoms with Crippen LogP contribution in [0.1, 0.15) is 37.7 Å². The summed E-state index contributed by atoms with van der Waals surface area (Å²) in [5.74, 6) is 1.51. The maximum atomic E-state index is 13.9. The van der Waals surface area contributed by atoms with E-state index in [0.717, 1.165) is 30.8 Å². The molecule has 5 heteroatoms. The number of furan rings is 1. The van der Waals surface area contributed by atoms with E-state index in [1.54, 1.807) is 0 Å². The molecule has 110 valence electrons. The van der Waals surface area contributed by atoms with Crippen molar-refractivity contribution in [3.8, 4) is 0 Å². The minimum atomic E-state index is -2.27. The zero-order chi connectivity index (χ0) is 14.3. The third kappa shape index (κ3) is 5.67. The van der Waals surface area contributed by atoms with E-state index >= 15 is 0 Å². The van der Waals surface area contributed by atoms with E-state index in [2.05, 4.69) is 0 Å². The summed E-state index contributed by atoms with van der Waals surface area (Å²) in [5, 5.41) is 0. The van der Waals surface area contributed by atoms with Gasteiger partial charge in [0, 0.05) is 12.3 Å². The van der Waals surface area contributed by atoms with Crippen LogP contribution in [0, 0.1) is 0 Å². The lowest BCUT2D eigenvalue weighted by Gasteiger charge is -2.25. The molecule has 0 amide bonds. The summed E-state index contributed by atoms with van der Waals surface area (Å²) in [4.78, 5) is 0. The molecule has 1 aromatic heterocycles. The molecule has 1 atom stereocenters. The predicted molar refractivity (Wildman–Crippen MR) is 79.8 cm³/mol. The molecule has 0 aromatic carbocycles. The monoisotopic (exact) mass is 306 g/mol. The summed E-state index contributed by atoms with van der Waals surface area (Å²) in [5.41, 5.74) is 0. The van der Waals surface area contributed by atoms with Gasteiger partial charge in [0.1, 0.15) is 17.3 Å². The van der Waals surface area contributed by atoms with E-state index in [0.29, 0.717) is 18.9 Å². The normalized spacial score (nSPS) is 13.7. The summed E-state index contributed by atoms with van der Waals surface area (Å²) in [6.07, 6.45) is 3.17. The Bertz CT molecular complexity index is 368. The van der Waals surface area contributed by atoms with Gasteiger partial charge in [-0.05, 0) is 38.1 Å². The van der Waals surface area contributed by atoms with Crippen molar-refractivity contribution in [2.24, 2.45) is 0 Å². The second-order valence-electron chi connectivity index (χ2n) is 5.31. The van der Waals surface area contributed by atoms with Crippen LogP contribution >= 0.6 is 11.6 Å². The lowest BCUT2D eigenvalue weighted by Crippen LogP contribution is -2.42. The van der Waals surface area contributed by atoms with Gasteiger partial charge >= 0.3 is 0 Å². The second kappa shape index (κ2) is 8.07. The Morgan fingerprint density at radius 2 is 2.05 bits per heavy atom. The fourth-order valence-electron chi connectivity index (χ4n) is 1.82. The molecule has 2 nitrogen and oxygen atoms in total. The molecule has 0 saturated heterocycles. The molecule has 1 rings (SSSR count). The molecule has 19 heavy (non-hydrogen) atoms. The summed E-state index contributed by atoms with van der Waals surface area (Å²) in [7, 11) is -2.27. The van der Waals surface area contributed by atoms with Gasteiger partial charge in [-0.25, -0.2) is 4.39 Å². The van der Waals surface area contributed by atoms with Crippen LogP contribution in [0.2, 0.25) is 13.1 Å². The van der Waals surface area contributed by atoms with Crippen molar-refractivity contribution in [3.05, 3.63) is 23.7 Å². The molecule has 0 saturated carbocycles. The highest BCUT2D eigenvalue weighted by molar-refractivity contribution is 6.72. The first-order valence-electron chi connectivity index (χ1n) is 6.91. The first-order valence-corrected chi connectivity index (χ1v) is 10.4. The highest BCUT2D eigenvalue weighted by atomic mass is 35.5. The Balaban J connectivity index is 2.44. The number of aryl methyl sites for hydroxylation is 1. The second-order valence-corrected chi connectivity index (χ2v) is 9.81. The number of hydrogen-bond donors (Lipinski definition) is 0. The van der Waals surface area contributed by atoms with Crippen LogP contribution in [-0.2, 0) is 17.5 Å². The first kappa shape index (κ1) is 16.7. The van der Waals surface area contributed by atoms with E-state index in [-0.39, 0.29) is 0 Å². The molecular formula is C14H24ClFO2Si. The molecule has 1 heterocycles. The van der Waals surface area contributed by atoms with E-state index < -0.39 is 14.1 Å². The van der Waals surface area contributed by atoms with Gasteiger partial charge in [0.05, 0.1) is 6.61 Å². The number of alkyl halides is 2. The highest BCUT2D eigenvalue weighted by Gasteiger charge is 2.33. The Morgan fingerprint density at radius 1 is 1.37 bits per heavy atom. The maximum Gasteiger partial charge on any atom is 0.221 e. The summed E-state index contributed by atoms with van der Waals surface area (Å²) in [6.45, 7) is 6.20. The van der Waals surface area contributed by atoms with Gasteiger partial charge in [0.15, 0.2) is 0 Å². The van der Waals surface area contributed by atoms with Crippen LogP contribution in [0.25, 0.3) is 0 Å². The van der Waals surface area contributed by atoms with Crippen molar-refractivity contribution in [3.63, 3.8) is 0 Å². The van der Waals surface area contributed by atoms with Gasteiger partial charge in [-0.15, -0.1) is 11.6 Å². The molecule has 0 aliphatic rings. The van der Waals surface area contributed by atoms with Gasteiger partial charge in [-0.1, -0.05) is 13.3 Å². The standard InChI is InChI=1S/C14H24ClFO2Si/c1-4-6-14(16)19(2,3)17-11-13-9-8-12(18-13)7-5-10-15/h8-9,14H,4-7,10-11H2,1-3H3. The first-order chi connectivity index (χ1) is 8.99. The van der Waals surface area contributed by atoms with Crippen LogP contribution in [-0.4, -0.2) is 20.0 Å². The number of hydrogen-bond acceptors (Lipinski definition) is 2. The van der Waals surface area contributed by atoms with Gasteiger partial charge in [0.25, 0.3) is 0 Å². The lowest BCUT2D eigenvalue weighted by molar-refractivity contribution is 0.226. The molecule has 0 fully saturated rings. The quantitative estimate of drug-likeness (QED) is 0.480. The van der Waals surface area contributed by atoms with Crippen molar-refractivity contribution < 1.29 is 13.2 Å². The molecule has 0 radical (unpaired) electrons. The van der Waals surface area contributed by atoms with Crippen LogP contribution in [0.5, 0.6) is 0 Å². The topological polar surface area (TPSA) is 22.4 Å². The molecule has 0 aliphatic heterocycles. The smallest absolute Gasteiger partial charge is 0.221 e. The third-order valence-electron chi connectivity index (χ3n) is 3.16. The van der Waals surface area contributed by atoms with Gasteiger partial charge in [0.2, 0.25) is 8.32 Å². The Hall–Kier alpha value is -0.323. The zero-order valence-electron chi connectivity index (χ0n) is 12.0. The molecule has 0 bridgehead atoms. The van der Waals surface area contributed by atoms with Gasteiger partial charge < -0.3 is 8.84 Å². The fourth-order valence-corrected chi connectivity index (χ4v) is 3.64. The van der Waals surface area contributed by atoms with E-state index in [1.165, 1.54) is 0 Å². The molecular weight excluding hydrogens is 283 g/mol.